The average Bonchev–Trinajstić information content (AvgIpc) is 2.52. The molecule has 1 rings (SSSR count). The molecule has 1 aliphatic rings. The molecule has 0 aromatic rings. The quantitative estimate of drug-likeness (QED) is 0.0895. The Balaban J connectivity index is 2.92. The van der Waals surface area contributed by atoms with Crippen LogP contribution in [-0.4, -0.2) is 86.1 Å². The van der Waals surface area contributed by atoms with Crippen molar-refractivity contribution < 1.29 is 47.5 Å². The molecule has 1 saturated heterocycles. The zero-order valence-corrected chi connectivity index (χ0v) is 13.9. The Morgan fingerprint density at radius 2 is 1.96 bits per heavy atom. The van der Waals surface area contributed by atoms with Crippen LogP contribution in [0.5, 0.6) is 0 Å². The predicted octanol–water partition coefficient (Wildman–Crippen LogP) is -2.41. The summed E-state index contributed by atoms with van der Waals surface area (Å²) >= 11 is 0.570. The third-order valence-corrected chi connectivity index (χ3v) is 4.39. The monoisotopic (exact) mass is 389 g/mol. The number of oxime groups is 1. The summed E-state index contributed by atoms with van der Waals surface area (Å²) in [6, 6.07) is 0. The van der Waals surface area contributed by atoms with E-state index in [2.05, 4.69) is 16.0 Å². The smallest absolute Gasteiger partial charge is 0.394 e. The van der Waals surface area contributed by atoms with Gasteiger partial charge >= 0.3 is 10.4 Å². The number of rotatable bonds is 7. The van der Waals surface area contributed by atoms with Gasteiger partial charge in [-0.15, -0.1) is 6.58 Å². The molecule has 0 unspecified atom stereocenters. The Bertz CT molecular complexity index is 551. The molecule has 11 nitrogen and oxygen atoms in total. The lowest BCUT2D eigenvalue weighted by Crippen LogP contribution is -2.57. The molecule has 24 heavy (non-hydrogen) atoms. The fourth-order valence-electron chi connectivity index (χ4n) is 1.76. The lowest BCUT2D eigenvalue weighted by atomic mass is 10.0. The van der Waals surface area contributed by atoms with Crippen molar-refractivity contribution in [1.29, 1.82) is 0 Å². The van der Waals surface area contributed by atoms with E-state index in [4.69, 9.17) is 14.4 Å². The zero-order chi connectivity index (χ0) is 18.5. The van der Waals surface area contributed by atoms with Gasteiger partial charge in [-0.3, -0.25) is 4.55 Å². The van der Waals surface area contributed by atoms with Gasteiger partial charge in [0.25, 0.3) is 0 Å². The van der Waals surface area contributed by atoms with Crippen molar-refractivity contribution in [3.63, 3.8) is 0 Å². The van der Waals surface area contributed by atoms with Crippen LogP contribution >= 0.6 is 11.8 Å². The van der Waals surface area contributed by atoms with Crippen LogP contribution in [0.3, 0.4) is 0 Å². The highest BCUT2D eigenvalue weighted by atomic mass is 32.3. The van der Waals surface area contributed by atoms with Crippen molar-refractivity contribution in [1.82, 2.24) is 0 Å². The maximum absolute atomic E-state index is 10.6. The number of aliphatic hydroxyl groups excluding tert-OH is 5. The van der Waals surface area contributed by atoms with Gasteiger partial charge in [0, 0.05) is 6.42 Å². The first-order chi connectivity index (χ1) is 11.1. The summed E-state index contributed by atoms with van der Waals surface area (Å²) in [5.74, 6) is 0. The molecule has 0 aromatic heterocycles. The first kappa shape index (κ1) is 21.3. The normalized spacial score (nSPS) is 33.1. The molecule has 0 bridgehead atoms. The molecule has 0 radical (unpaired) electrons. The van der Waals surface area contributed by atoms with E-state index >= 15 is 0 Å². The Morgan fingerprint density at radius 3 is 2.46 bits per heavy atom. The van der Waals surface area contributed by atoms with Crippen LogP contribution < -0.4 is 0 Å². The summed E-state index contributed by atoms with van der Waals surface area (Å²) in [5, 5.41) is 50.8. The van der Waals surface area contributed by atoms with Crippen LogP contribution in [-0.2, 0) is 19.4 Å². The van der Waals surface area contributed by atoms with Crippen molar-refractivity contribution in [2.75, 3.05) is 6.61 Å². The number of ether oxygens (including phenoxy) is 1. The lowest BCUT2D eigenvalue weighted by Gasteiger charge is -2.39. The number of aliphatic hydroxyl groups is 5. The largest absolute Gasteiger partial charge is 0.466 e. The van der Waals surface area contributed by atoms with E-state index in [1.807, 2.05) is 0 Å². The predicted molar refractivity (Wildman–Crippen MR) is 82.2 cm³/mol. The molecule has 6 atom stereocenters. The molecule has 0 spiro atoms. The average molecular weight is 389 g/mol. The standard InChI is InChI=1S/C11H19NO10S2/c1-2-5(14)3-7(12-22-24(18,19)20)23-11-10(17)9(16)8(15)6(4-13)21-11/h2,5-6,8-11,13-17H,1,3-4H2,(H,18,19,20)/b12-7+/t5-,6-,8+,9+,10-,11-/m1/s1. The maximum atomic E-state index is 10.6. The summed E-state index contributed by atoms with van der Waals surface area (Å²) in [6.07, 6.45) is -6.29. The molecule has 13 heteroatoms. The van der Waals surface area contributed by atoms with E-state index in [1.54, 1.807) is 0 Å². The van der Waals surface area contributed by atoms with Gasteiger partial charge in [-0.2, -0.15) is 8.42 Å². The van der Waals surface area contributed by atoms with E-state index in [1.165, 1.54) is 0 Å². The lowest BCUT2D eigenvalue weighted by molar-refractivity contribution is -0.205. The molecule has 1 fully saturated rings. The highest BCUT2D eigenvalue weighted by molar-refractivity contribution is 8.14. The van der Waals surface area contributed by atoms with Crippen molar-refractivity contribution in [2.45, 2.75) is 42.4 Å². The van der Waals surface area contributed by atoms with E-state index in [0.29, 0.717) is 11.8 Å². The molecule has 0 aromatic carbocycles. The second kappa shape index (κ2) is 9.07. The number of hydrogen-bond donors (Lipinski definition) is 6. The number of thioether (sulfide) groups is 1. The summed E-state index contributed by atoms with van der Waals surface area (Å²) < 4.78 is 38.8. The molecule has 140 valence electrons. The van der Waals surface area contributed by atoms with Crippen LogP contribution in [0.4, 0.5) is 0 Å². The maximum Gasteiger partial charge on any atom is 0.466 e. The minimum absolute atomic E-state index is 0.218. The molecular weight excluding hydrogens is 370 g/mol. The van der Waals surface area contributed by atoms with Crippen LogP contribution in [0.25, 0.3) is 0 Å². The van der Waals surface area contributed by atoms with Crippen molar-refractivity contribution in [2.24, 2.45) is 5.16 Å². The number of hydrogen-bond acceptors (Lipinski definition) is 11. The van der Waals surface area contributed by atoms with Gasteiger partial charge in [0.1, 0.15) is 34.9 Å². The van der Waals surface area contributed by atoms with E-state index in [-0.39, 0.29) is 11.5 Å². The van der Waals surface area contributed by atoms with Gasteiger partial charge in [-0.05, 0) is 0 Å². The van der Waals surface area contributed by atoms with Gasteiger partial charge < -0.3 is 30.3 Å². The first-order valence-corrected chi connectivity index (χ1v) is 8.84. The fourth-order valence-corrected chi connectivity index (χ4v) is 3.10. The van der Waals surface area contributed by atoms with Crippen molar-refractivity contribution >= 4 is 27.2 Å². The van der Waals surface area contributed by atoms with Crippen LogP contribution in [0.15, 0.2) is 17.8 Å². The summed E-state index contributed by atoms with van der Waals surface area (Å²) in [5.41, 5.74) is -1.26. The van der Waals surface area contributed by atoms with E-state index in [9.17, 15) is 28.8 Å². The molecular formula is C11H19NO10S2. The zero-order valence-electron chi connectivity index (χ0n) is 12.2. The highest BCUT2D eigenvalue weighted by Crippen LogP contribution is 2.30. The molecule has 0 aliphatic carbocycles. The second-order valence-corrected chi connectivity index (χ2v) is 6.99. The van der Waals surface area contributed by atoms with Crippen LogP contribution in [0.2, 0.25) is 0 Å². The first-order valence-electron chi connectivity index (χ1n) is 6.59. The van der Waals surface area contributed by atoms with Gasteiger partial charge in [0.05, 0.1) is 12.7 Å². The minimum Gasteiger partial charge on any atom is -0.394 e. The SMILES string of the molecule is C=C[C@@H](O)C/C(=N\OS(=O)(=O)O)S[C@H]1O[C@H](CO)[C@H](O)[C@H](O)[C@H]1O. The number of nitrogens with zero attached hydrogens (tertiary/aromatic N) is 1. The van der Waals surface area contributed by atoms with E-state index < -0.39 is 53.0 Å². The summed E-state index contributed by atoms with van der Waals surface area (Å²) in [6.45, 7) is 2.67. The van der Waals surface area contributed by atoms with E-state index in [0.717, 1.165) is 6.08 Å². The Hall–Kier alpha value is -0.770. The molecule has 6 N–H and O–H groups in total. The van der Waals surface area contributed by atoms with Gasteiger partial charge in [0.15, 0.2) is 0 Å². The molecule has 1 aliphatic heterocycles. The second-order valence-electron chi connectivity index (χ2n) is 4.81. The van der Waals surface area contributed by atoms with Crippen LogP contribution in [0, 0.1) is 0 Å². The van der Waals surface area contributed by atoms with Crippen LogP contribution in [0.1, 0.15) is 6.42 Å². The minimum atomic E-state index is -4.89. The van der Waals surface area contributed by atoms with Gasteiger partial charge in [0.2, 0.25) is 0 Å². The van der Waals surface area contributed by atoms with Gasteiger partial charge in [-0.1, -0.05) is 23.0 Å². The topological polar surface area (TPSA) is 186 Å². The molecule has 1 heterocycles. The Labute approximate surface area is 142 Å². The highest BCUT2D eigenvalue weighted by Gasteiger charge is 2.44. The fraction of sp³-hybridized carbons (Fsp3) is 0.727. The molecule has 0 saturated carbocycles. The summed E-state index contributed by atoms with van der Waals surface area (Å²) in [7, 11) is -4.89. The third-order valence-electron chi connectivity index (χ3n) is 2.99. The Morgan fingerprint density at radius 1 is 1.33 bits per heavy atom. The molecule has 0 amide bonds. The third kappa shape index (κ3) is 6.27. The van der Waals surface area contributed by atoms with Crippen molar-refractivity contribution in [3.8, 4) is 0 Å². The van der Waals surface area contributed by atoms with Gasteiger partial charge in [-0.25, -0.2) is 4.28 Å². The van der Waals surface area contributed by atoms with Crippen molar-refractivity contribution in [3.05, 3.63) is 12.7 Å². The summed E-state index contributed by atoms with van der Waals surface area (Å²) in [4.78, 5) is 0. The Kier molecular flexibility index (Phi) is 8.04.